The number of fused-ring (bicyclic) bond motifs is 2. The molecule has 2 heterocycles. The normalized spacial score (nSPS) is 19.1. The number of aromatic amines is 1. The molecule has 25 heavy (non-hydrogen) atoms. The van der Waals surface area contributed by atoms with Crippen molar-refractivity contribution in [2.45, 2.75) is 12.5 Å². The summed E-state index contributed by atoms with van der Waals surface area (Å²) in [4.78, 5) is 26.6. The molecule has 0 fully saturated rings. The summed E-state index contributed by atoms with van der Waals surface area (Å²) in [6.45, 7) is 1.65. The van der Waals surface area contributed by atoms with Crippen LogP contribution in [0.3, 0.4) is 0 Å². The highest BCUT2D eigenvalue weighted by Crippen LogP contribution is 2.42. The number of aromatic hydroxyl groups is 1. The Bertz CT molecular complexity index is 1070. The first-order valence-electron chi connectivity index (χ1n) is 7.47. The predicted molar refractivity (Wildman–Crippen MR) is 85.6 cm³/mol. The number of benzene rings is 2. The van der Waals surface area contributed by atoms with E-state index in [2.05, 4.69) is 10.3 Å². The van der Waals surface area contributed by atoms with Gasteiger partial charge in [0, 0.05) is 28.1 Å². The zero-order chi connectivity index (χ0) is 17.9. The number of rotatable bonds is 2. The third-order valence-electron chi connectivity index (χ3n) is 4.64. The molecule has 1 amide bonds. The summed E-state index contributed by atoms with van der Waals surface area (Å²) in [7, 11) is 0. The predicted octanol–water partition coefficient (Wildman–Crippen LogP) is 2.97. The minimum Gasteiger partial charge on any atom is -0.508 e. The quantitative estimate of drug-likeness (QED) is 0.626. The van der Waals surface area contributed by atoms with Gasteiger partial charge in [-0.05, 0) is 36.8 Å². The number of H-pyrrole nitrogens is 1. The lowest BCUT2D eigenvalue weighted by Gasteiger charge is -2.26. The van der Waals surface area contributed by atoms with Crippen LogP contribution in [0.15, 0.2) is 30.3 Å². The number of hydrogen-bond acceptors (Lipinski definition) is 3. The molecular weight excluding hydrogens is 330 g/mol. The molecule has 1 aliphatic heterocycles. The van der Waals surface area contributed by atoms with Crippen molar-refractivity contribution < 1.29 is 23.5 Å². The van der Waals surface area contributed by atoms with Gasteiger partial charge in [-0.3, -0.25) is 9.59 Å². The van der Waals surface area contributed by atoms with E-state index in [1.807, 2.05) is 0 Å². The molecule has 4 rings (SSSR count). The molecule has 1 aliphatic rings. The largest absolute Gasteiger partial charge is 0.508 e. The van der Waals surface area contributed by atoms with Gasteiger partial charge in [0.15, 0.2) is 17.9 Å². The molecule has 1 atom stereocenters. The highest BCUT2D eigenvalue weighted by Gasteiger charge is 2.43. The van der Waals surface area contributed by atoms with Crippen LogP contribution in [0.25, 0.3) is 10.9 Å². The molecule has 1 aromatic heterocycles. The first kappa shape index (κ1) is 15.3. The smallest absolute Gasteiger partial charge is 0.252 e. The fourth-order valence-corrected chi connectivity index (χ4v) is 3.54. The second-order valence-corrected chi connectivity index (χ2v) is 6.15. The number of carbonyl (C=O) groups is 2. The molecular formula is C18H12F2N2O3. The van der Waals surface area contributed by atoms with E-state index in [1.165, 1.54) is 18.2 Å². The molecule has 3 aromatic rings. The van der Waals surface area contributed by atoms with Gasteiger partial charge < -0.3 is 15.4 Å². The minimum atomic E-state index is -1.19. The molecule has 3 N–H and O–H groups in total. The van der Waals surface area contributed by atoms with Crippen molar-refractivity contribution in [1.29, 1.82) is 0 Å². The Balaban J connectivity index is 2.09. The summed E-state index contributed by atoms with van der Waals surface area (Å²) in [5.74, 6) is -2.54. The fourth-order valence-electron chi connectivity index (χ4n) is 3.54. The Kier molecular flexibility index (Phi) is 3.00. The van der Waals surface area contributed by atoms with Crippen LogP contribution in [0.1, 0.15) is 38.9 Å². The standard InChI is InChI=1S/C18H12F2N2O3/c1-18(11-4-8(24)2-3-9(11)17(25)22-18)16-10-5-12(19)13(20)6-14(10)21-15(16)7-23/h2-7,21,24H,1H3,(H,22,25). The van der Waals surface area contributed by atoms with Gasteiger partial charge in [0.2, 0.25) is 0 Å². The van der Waals surface area contributed by atoms with Crippen LogP contribution < -0.4 is 5.32 Å². The number of hydrogen-bond donors (Lipinski definition) is 3. The van der Waals surface area contributed by atoms with Crippen molar-refractivity contribution in [1.82, 2.24) is 10.3 Å². The van der Waals surface area contributed by atoms with E-state index in [1.54, 1.807) is 6.92 Å². The Morgan fingerprint density at radius 3 is 2.60 bits per heavy atom. The number of carbonyl (C=O) groups excluding carboxylic acids is 2. The topological polar surface area (TPSA) is 82.2 Å². The molecule has 2 aromatic carbocycles. The first-order chi connectivity index (χ1) is 11.8. The lowest BCUT2D eigenvalue weighted by atomic mass is 9.83. The van der Waals surface area contributed by atoms with Gasteiger partial charge in [0.05, 0.1) is 11.2 Å². The third kappa shape index (κ3) is 1.98. The van der Waals surface area contributed by atoms with E-state index in [4.69, 9.17) is 0 Å². The number of aromatic nitrogens is 1. The van der Waals surface area contributed by atoms with Crippen molar-refractivity contribution in [3.8, 4) is 5.75 Å². The van der Waals surface area contributed by atoms with E-state index in [0.717, 1.165) is 12.1 Å². The Hall–Kier alpha value is -3.22. The van der Waals surface area contributed by atoms with Crippen molar-refractivity contribution in [3.63, 3.8) is 0 Å². The average Bonchev–Trinajstić information content (AvgIpc) is 3.04. The second kappa shape index (κ2) is 4.89. The molecule has 0 radical (unpaired) electrons. The van der Waals surface area contributed by atoms with Crippen LogP contribution >= 0.6 is 0 Å². The summed E-state index contributed by atoms with van der Waals surface area (Å²) < 4.78 is 27.3. The van der Waals surface area contributed by atoms with Gasteiger partial charge >= 0.3 is 0 Å². The number of phenols is 1. The lowest BCUT2D eigenvalue weighted by Crippen LogP contribution is -2.38. The number of halogens is 2. The second-order valence-electron chi connectivity index (χ2n) is 6.15. The number of phenolic OH excluding ortho intramolecular Hbond substituents is 1. The summed E-state index contributed by atoms with van der Waals surface area (Å²) in [5, 5.41) is 12.9. The van der Waals surface area contributed by atoms with Crippen LogP contribution in [0.2, 0.25) is 0 Å². The van der Waals surface area contributed by atoms with Crippen molar-refractivity contribution in [2.75, 3.05) is 0 Å². The molecule has 5 nitrogen and oxygen atoms in total. The van der Waals surface area contributed by atoms with Crippen LogP contribution in [0.5, 0.6) is 5.75 Å². The molecule has 7 heteroatoms. The Morgan fingerprint density at radius 1 is 1.16 bits per heavy atom. The summed E-state index contributed by atoms with van der Waals surface area (Å²) in [6, 6.07) is 6.23. The van der Waals surface area contributed by atoms with Crippen molar-refractivity contribution in [3.05, 3.63) is 64.4 Å². The minimum absolute atomic E-state index is 0.0498. The highest BCUT2D eigenvalue weighted by atomic mass is 19.2. The van der Waals surface area contributed by atoms with Crippen molar-refractivity contribution >= 4 is 23.1 Å². The Morgan fingerprint density at radius 2 is 1.88 bits per heavy atom. The van der Waals surface area contributed by atoms with Gasteiger partial charge in [0.1, 0.15) is 5.75 Å². The SMILES string of the molecule is CC1(c2c(C=O)[nH]c3cc(F)c(F)cc23)NC(=O)c2ccc(O)cc21. The van der Waals surface area contributed by atoms with Crippen LogP contribution in [-0.2, 0) is 5.54 Å². The molecule has 0 spiro atoms. The first-order valence-corrected chi connectivity index (χ1v) is 7.47. The molecule has 0 saturated heterocycles. The van der Waals surface area contributed by atoms with Crippen molar-refractivity contribution in [2.24, 2.45) is 0 Å². The van der Waals surface area contributed by atoms with Gasteiger partial charge in [-0.15, -0.1) is 0 Å². The van der Waals surface area contributed by atoms with E-state index in [-0.39, 0.29) is 28.3 Å². The van der Waals surface area contributed by atoms with Gasteiger partial charge in [0.25, 0.3) is 5.91 Å². The highest BCUT2D eigenvalue weighted by molar-refractivity contribution is 6.03. The van der Waals surface area contributed by atoms with Crippen LogP contribution in [-0.4, -0.2) is 22.3 Å². The maximum Gasteiger partial charge on any atom is 0.252 e. The monoisotopic (exact) mass is 342 g/mol. The number of amides is 1. The van der Waals surface area contributed by atoms with E-state index in [9.17, 15) is 23.5 Å². The average molecular weight is 342 g/mol. The maximum absolute atomic E-state index is 13.8. The zero-order valence-electron chi connectivity index (χ0n) is 13.0. The fraction of sp³-hybridized carbons (Fsp3) is 0.111. The summed E-state index contributed by atoms with van der Waals surface area (Å²) in [6.07, 6.45) is 0.531. The molecule has 0 bridgehead atoms. The molecule has 0 saturated carbocycles. The van der Waals surface area contributed by atoms with Gasteiger partial charge in [-0.25, -0.2) is 8.78 Å². The summed E-state index contributed by atoms with van der Waals surface area (Å²) >= 11 is 0. The number of nitrogens with one attached hydrogen (secondary N) is 2. The molecule has 0 aliphatic carbocycles. The Labute approximate surface area is 140 Å². The van der Waals surface area contributed by atoms with E-state index in [0.29, 0.717) is 23.0 Å². The zero-order valence-corrected chi connectivity index (χ0v) is 13.0. The van der Waals surface area contributed by atoms with Crippen LogP contribution in [0.4, 0.5) is 8.78 Å². The van der Waals surface area contributed by atoms with Crippen LogP contribution in [0, 0.1) is 11.6 Å². The maximum atomic E-state index is 13.8. The van der Waals surface area contributed by atoms with E-state index >= 15 is 0 Å². The molecule has 126 valence electrons. The third-order valence-corrected chi connectivity index (χ3v) is 4.64. The van der Waals surface area contributed by atoms with E-state index < -0.39 is 17.2 Å². The molecule has 1 unspecified atom stereocenters. The van der Waals surface area contributed by atoms with Gasteiger partial charge in [-0.2, -0.15) is 0 Å². The number of aldehydes is 1. The lowest BCUT2D eigenvalue weighted by molar-refractivity contribution is 0.0943. The van der Waals surface area contributed by atoms with Gasteiger partial charge in [-0.1, -0.05) is 0 Å². The summed E-state index contributed by atoms with van der Waals surface area (Å²) in [5.41, 5.74) is 0.248.